The van der Waals surface area contributed by atoms with Crippen molar-refractivity contribution in [2.75, 3.05) is 27.4 Å². The van der Waals surface area contributed by atoms with Crippen molar-refractivity contribution in [3.8, 4) is 0 Å². The van der Waals surface area contributed by atoms with Crippen LogP contribution < -0.4 is 0 Å². The van der Waals surface area contributed by atoms with Crippen LogP contribution >= 0.6 is 0 Å². The van der Waals surface area contributed by atoms with Gasteiger partial charge in [-0.25, -0.2) is 14.4 Å². The zero-order chi connectivity index (χ0) is 15.5. The highest BCUT2D eigenvalue weighted by Gasteiger charge is 2.17. The second kappa shape index (κ2) is 9.70. The normalized spacial score (nSPS) is 12.6. The molecule has 0 saturated heterocycles. The van der Waals surface area contributed by atoms with Gasteiger partial charge in [-0.2, -0.15) is 0 Å². The standard InChI is InChI=1S/C11H18O9/c1-7(5-17-9(12)15-3)19-11(14)20-8(2)6-18-10(13)16-4/h7-8H,5-6H2,1-4H3. The van der Waals surface area contributed by atoms with Crippen molar-refractivity contribution in [3.63, 3.8) is 0 Å². The number of rotatable bonds is 6. The van der Waals surface area contributed by atoms with Crippen LogP contribution in [-0.4, -0.2) is 58.1 Å². The van der Waals surface area contributed by atoms with Gasteiger partial charge >= 0.3 is 18.5 Å². The van der Waals surface area contributed by atoms with E-state index in [2.05, 4.69) is 18.9 Å². The third kappa shape index (κ3) is 8.84. The van der Waals surface area contributed by atoms with Gasteiger partial charge in [0.2, 0.25) is 0 Å². The van der Waals surface area contributed by atoms with E-state index in [1.165, 1.54) is 13.8 Å². The molecular formula is C11H18O9. The van der Waals surface area contributed by atoms with E-state index in [0.717, 1.165) is 14.2 Å². The number of hydrogen-bond donors (Lipinski definition) is 0. The van der Waals surface area contributed by atoms with Crippen molar-refractivity contribution in [1.82, 2.24) is 0 Å². The first kappa shape index (κ1) is 17.8. The molecule has 0 aliphatic carbocycles. The van der Waals surface area contributed by atoms with Gasteiger partial charge in [-0.15, -0.1) is 0 Å². The lowest BCUT2D eigenvalue weighted by Gasteiger charge is -2.16. The highest BCUT2D eigenvalue weighted by atomic mass is 16.8. The van der Waals surface area contributed by atoms with Crippen molar-refractivity contribution >= 4 is 18.5 Å². The van der Waals surface area contributed by atoms with Gasteiger partial charge in [0.1, 0.15) is 25.4 Å². The van der Waals surface area contributed by atoms with Crippen LogP contribution in [0, 0.1) is 0 Å². The van der Waals surface area contributed by atoms with Crippen LogP contribution in [0.4, 0.5) is 14.4 Å². The number of methoxy groups -OCH3 is 2. The van der Waals surface area contributed by atoms with E-state index in [1.807, 2.05) is 0 Å². The molecule has 0 radical (unpaired) electrons. The van der Waals surface area contributed by atoms with Crippen molar-refractivity contribution in [3.05, 3.63) is 0 Å². The molecule has 2 atom stereocenters. The molecule has 0 saturated carbocycles. The Hall–Kier alpha value is -2.19. The quantitative estimate of drug-likeness (QED) is 0.531. The van der Waals surface area contributed by atoms with E-state index in [4.69, 9.17) is 9.47 Å². The molecule has 0 aliphatic rings. The molecule has 9 nitrogen and oxygen atoms in total. The summed E-state index contributed by atoms with van der Waals surface area (Å²) in [7, 11) is 2.32. The smallest absolute Gasteiger partial charge is 0.438 e. The lowest BCUT2D eigenvalue weighted by Crippen LogP contribution is -2.27. The fourth-order valence-corrected chi connectivity index (χ4v) is 0.913. The molecule has 0 fully saturated rings. The molecule has 116 valence electrons. The van der Waals surface area contributed by atoms with E-state index in [1.54, 1.807) is 0 Å². The second-order valence-electron chi connectivity index (χ2n) is 3.64. The first-order chi connectivity index (χ1) is 9.38. The average Bonchev–Trinajstić information content (AvgIpc) is 2.41. The molecule has 0 amide bonds. The van der Waals surface area contributed by atoms with Gasteiger partial charge in [0.25, 0.3) is 0 Å². The van der Waals surface area contributed by atoms with E-state index < -0.39 is 30.7 Å². The molecular weight excluding hydrogens is 276 g/mol. The fourth-order valence-electron chi connectivity index (χ4n) is 0.913. The third-order valence-corrected chi connectivity index (χ3v) is 1.80. The predicted molar refractivity (Wildman–Crippen MR) is 63.2 cm³/mol. The predicted octanol–water partition coefficient (Wildman–Crippen LogP) is 1.48. The monoisotopic (exact) mass is 294 g/mol. The summed E-state index contributed by atoms with van der Waals surface area (Å²) < 4.78 is 27.2. The van der Waals surface area contributed by atoms with Gasteiger partial charge in [0.15, 0.2) is 0 Å². The van der Waals surface area contributed by atoms with Crippen LogP contribution in [-0.2, 0) is 28.4 Å². The van der Waals surface area contributed by atoms with Crippen molar-refractivity contribution < 1.29 is 42.8 Å². The highest BCUT2D eigenvalue weighted by Crippen LogP contribution is 2.01. The Balaban J connectivity index is 3.85. The summed E-state index contributed by atoms with van der Waals surface area (Å²) in [5, 5.41) is 0. The van der Waals surface area contributed by atoms with E-state index in [9.17, 15) is 14.4 Å². The number of hydrogen-bond acceptors (Lipinski definition) is 9. The lowest BCUT2D eigenvalue weighted by molar-refractivity contribution is -0.0337. The largest absolute Gasteiger partial charge is 0.509 e. The molecule has 0 aliphatic heterocycles. The van der Waals surface area contributed by atoms with Gasteiger partial charge in [-0.1, -0.05) is 0 Å². The van der Waals surface area contributed by atoms with Gasteiger partial charge in [0, 0.05) is 0 Å². The SMILES string of the molecule is COC(=O)OCC(C)OC(=O)OC(C)COC(=O)OC. The summed E-state index contributed by atoms with van der Waals surface area (Å²) in [6, 6.07) is 0. The minimum atomic E-state index is -0.980. The van der Waals surface area contributed by atoms with Crippen molar-refractivity contribution in [2.45, 2.75) is 26.1 Å². The van der Waals surface area contributed by atoms with E-state index in [-0.39, 0.29) is 13.2 Å². The van der Waals surface area contributed by atoms with Gasteiger partial charge in [0.05, 0.1) is 14.2 Å². The molecule has 0 aromatic rings. The summed E-state index contributed by atoms with van der Waals surface area (Å²) in [6.07, 6.45) is -4.17. The summed E-state index contributed by atoms with van der Waals surface area (Å²) >= 11 is 0. The van der Waals surface area contributed by atoms with Crippen LogP contribution in [0.2, 0.25) is 0 Å². The van der Waals surface area contributed by atoms with Crippen LogP contribution in [0.5, 0.6) is 0 Å². The summed E-state index contributed by atoms with van der Waals surface area (Å²) in [5.74, 6) is 0. The van der Waals surface area contributed by atoms with Gasteiger partial charge in [-0.05, 0) is 13.8 Å². The molecule has 0 heterocycles. The first-order valence-corrected chi connectivity index (χ1v) is 5.67. The average molecular weight is 294 g/mol. The van der Waals surface area contributed by atoms with Gasteiger partial charge < -0.3 is 28.4 Å². The Labute approximate surface area is 116 Å². The molecule has 0 spiro atoms. The Morgan fingerprint density at radius 1 is 0.750 bits per heavy atom. The number of carbonyl (C=O) groups excluding carboxylic acids is 3. The van der Waals surface area contributed by atoms with Crippen LogP contribution in [0.1, 0.15) is 13.8 Å². The molecule has 0 N–H and O–H groups in total. The Morgan fingerprint density at radius 2 is 1.10 bits per heavy atom. The summed E-state index contributed by atoms with van der Waals surface area (Å²) in [4.78, 5) is 32.7. The van der Waals surface area contributed by atoms with Gasteiger partial charge in [-0.3, -0.25) is 0 Å². The Kier molecular flexibility index (Phi) is 8.64. The maximum Gasteiger partial charge on any atom is 0.509 e. The minimum Gasteiger partial charge on any atom is -0.438 e. The molecule has 0 aromatic heterocycles. The zero-order valence-corrected chi connectivity index (χ0v) is 11.7. The molecule has 9 heteroatoms. The molecule has 20 heavy (non-hydrogen) atoms. The Morgan fingerprint density at radius 3 is 1.40 bits per heavy atom. The maximum atomic E-state index is 11.3. The zero-order valence-electron chi connectivity index (χ0n) is 11.7. The minimum absolute atomic E-state index is 0.172. The van der Waals surface area contributed by atoms with Crippen molar-refractivity contribution in [2.24, 2.45) is 0 Å². The van der Waals surface area contributed by atoms with E-state index >= 15 is 0 Å². The number of ether oxygens (including phenoxy) is 6. The molecule has 0 bridgehead atoms. The number of carbonyl (C=O) groups is 3. The topological polar surface area (TPSA) is 107 Å². The van der Waals surface area contributed by atoms with Crippen LogP contribution in [0.15, 0.2) is 0 Å². The van der Waals surface area contributed by atoms with Crippen LogP contribution in [0.25, 0.3) is 0 Å². The van der Waals surface area contributed by atoms with Crippen LogP contribution in [0.3, 0.4) is 0 Å². The summed E-state index contributed by atoms with van der Waals surface area (Å²) in [5.41, 5.74) is 0. The molecule has 0 rings (SSSR count). The van der Waals surface area contributed by atoms with E-state index in [0.29, 0.717) is 0 Å². The second-order valence-corrected chi connectivity index (χ2v) is 3.64. The summed E-state index contributed by atoms with van der Waals surface area (Å²) in [6.45, 7) is 2.66. The fraction of sp³-hybridized carbons (Fsp3) is 0.727. The van der Waals surface area contributed by atoms with Crippen molar-refractivity contribution in [1.29, 1.82) is 0 Å². The molecule has 2 unspecified atom stereocenters. The molecule has 0 aromatic carbocycles. The highest BCUT2D eigenvalue weighted by molar-refractivity contribution is 5.61. The maximum absolute atomic E-state index is 11.3. The Bertz CT molecular complexity index is 298. The third-order valence-electron chi connectivity index (χ3n) is 1.80. The lowest BCUT2D eigenvalue weighted by atomic mass is 10.4. The first-order valence-electron chi connectivity index (χ1n) is 5.67.